The molecule has 1 atom stereocenters. The van der Waals surface area contributed by atoms with Crippen molar-refractivity contribution in [3.05, 3.63) is 29.8 Å². The van der Waals surface area contributed by atoms with E-state index in [2.05, 4.69) is 69.2 Å². The van der Waals surface area contributed by atoms with Crippen LogP contribution in [-0.4, -0.2) is 37.7 Å². The lowest BCUT2D eigenvalue weighted by Crippen LogP contribution is -2.36. The van der Waals surface area contributed by atoms with E-state index in [1.165, 1.54) is 5.56 Å². The molecule has 20 heavy (non-hydrogen) atoms. The molecule has 0 saturated carbocycles. The molecule has 0 saturated heterocycles. The van der Waals surface area contributed by atoms with E-state index < -0.39 is 0 Å². The van der Waals surface area contributed by atoms with Crippen LogP contribution in [-0.2, 0) is 6.54 Å². The maximum absolute atomic E-state index is 5.80. The van der Waals surface area contributed by atoms with Crippen molar-refractivity contribution in [1.29, 1.82) is 0 Å². The smallest absolute Gasteiger partial charge is 0.119 e. The predicted octanol–water partition coefficient (Wildman–Crippen LogP) is 3.15. The molecule has 0 aromatic heterocycles. The van der Waals surface area contributed by atoms with Gasteiger partial charge in [-0.2, -0.15) is 0 Å². The third-order valence-corrected chi connectivity index (χ3v) is 3.88. The Kier molecular flexibility index (Phi) is 7.63. The van der Waals surface area contributed by atoms with Crippen LogP contribution in [0.5, 0.6) is 5.75 Å². The molecule has 0 heterocycles. The monoisotopic (exact) mass is 278 g/mol. The van der Waals surface area contributed by atoms with E-state index in [4.69, 9.17) is 4.74 Å². The first kappa shape index (κ1) is 17.0. The third kappa shape index (κ3) is 5.93. The summed E-state index contributed by atoms with van der Waals surface area (Å²) in [6, 6.07) is 8.94. The zero-order valence-electron chi connectivity index (χ0n) is 13.6. The summed E-state index contributed by atoms with van der Waals surface area (Å²) in [5, 5.41) is 3.32. The summed E-state index contributed by atoms with van der Waals surface area (Å²) in [6.07, 6.45) is 0. The summed E-state index contributed by atoms with van der Waals surface area (Å²) in [7, 11) is 2.16. The molecule has 0 spiro atoms. The summed E-state index contributed by atoms with van der Waals surface area (Å²) < 4.78 is 5.80. The molecule has 0 bridgehead atoms. The lowest BCUT2D eigenvalue weighted by Gasteiger charge is -2.27. The van der Waals surface area contributed by atoms with Gasteiger partial charge in [-0.1, -0.05) is 32.9 Å². The van der Waals surface area contributed by atoms with Crippen LogP contribution in [0.3, 0.4) is 0 Å². The van der Waals surface area contributed by atoms with Crippen molar-refractivity contribution >= 4 is 0 Å². The topological polar surface area (TPSA) is 24.5 Å². The molecule has 0 radical (unpaired) electrons. The van der Waals surface area contributed by atoms with E-state index in [0.717, 1.165) is 32.0 Å². The van der Waals surface area contributed by atoms with Crippen LogP contribution >= 0.6 is 0 Å². The number of hydrogen-bond acceptors (Lipinski definition) is 3. The highest BCUT2D eigenvalue weighted by Crippen LogP contribution is 2.13. The number of nitrogens with one attached hydrogen (secondary N) is 1. The number of rotatable bonds is 9. The highest BCUT2D eigenvalue weighted by Gasteiger charge is 2.12. The number of benzene rings is 1. The van der Waals surface area contributed by atoms with Gasteiger partial charge >= 0.3 is 0 Å². The van der Waals surface area contributed by atoms with Crippen molar-refractivity contribution in [2.45, 2.75) is 40.3 Å². The van der Waals surface area contributed by atoms with Crippen LogP contribution in [0.1, 0.15) is 33.3 Å². The summed E-state index contributed by atoms with van der Waals surface area (Å²) in [5.41, 5.74) is 1.30. The van der Waals surface area contributed by atoms with Crippen molar-refractivity contribution in [2.75, 3.05) is 26.7 Å². The first-order chi connectivity index (χ1) is 9.54. The van der Waals surface area contributed by atoms with E-state index in [1.807, 2.05) is 0 Å². The van der Waals surface area contributed by atoms with Crippen molar-refractivity contribution in [3.63, 3.8) is 0 Å². The Bertz CT molecular complexity index is 362. The quantitative estimate of drug-likeness (QED) is 0.751. The van der Waals surface area contributed by atoms with Gasteiger partial charge in [-0.15, -0.1) is 0 Å². The van der Waals surface area contributed by atoms with Gasteiger partial charge in [-0.3, -0.25) is 0 Å². The fraction of sp³-hybridized carbons (Fsp3) is 0.647. The Balaban J connectivity index is 2.31. The molecule has 0 aliphatic rings. The predicted molar refractivity (Wildman–Crippen MR) is 86.2 cm³/mol. The molecule has 3 heteroatoms. The molecule has 1 aromatic rings. The molecular weight excluding hydrogens is 248 g/mol. The van der Waals surface area contributed by atoms with Gasteiger partial charge in [-0.05, 0) is 44.1 Å². The van der Waals surface area contributed by atoms with Crippen LogP contribution < -0.4 is 10.1 Å². The Morgan fingerprint density at radius 1 is 1.15 bits per heavy atom. The molecule has 114 valence electrons. The molecule has 3 nitrogen and oxygen atoms in total. The Labute approximate surface area is 124 Å². The Morgan fingerprint density at radius 3 is 2.35 bits per heavy atom. The Hall–Kier alpha value is -1.06. The molecule has 0 aliphatic carbocycles. The van der Waals surface area contributed by atoms with Crippen LogP contribution in [0.15, 0.2) is 24.3 Å². The molecule has 0 fully saturated rings. The molecule has 1 N–H and O–H groups in total. The van der Waals surface area contributed by atoms with Crippen LogP contribution in [0, 0.1) is 5.92 Å². The number of likely N-dealkylation sites (N-methyl/N-ethyl adjacent to an activating group) is 1. The van der Waals surface area contributed by atoms with Crippen molar-refractivity contribution in [2.24, 2.45) is 5.92 Å². The van der Waals surface area contributed by atoms with Gasteiger partial charge in [0.2, 0.25) is 0 Å². The number of nitrogens with zero attached hydrogens (tertiary/aromatic N) is 1. The minimum atomic E-state index is 0.584. The Morgan fingerprint density at radius 2 is 1.80 bits per heavy atom. The average Bonchev–Trinajstić information content (AvgIpc) is 2.45. The van der Waals surface area contributed by atoms with E-state index in [0.29, 0.717) is 12.0 Å². The highest BCUT2D eigenvalue weighted by atomic mass is 16.5. The lowest BCUT2D eigenvalue weighted by molar-refractivity contribution is 0.170. The second kappa shape index (κ2) is 8.98. The molecule has 1 rings (SSSR count). The number of ether oxygens (including phenoxy) is 1. The van der Waals surface area contributed by atoms with Gasteiger partial charge < -0.3 is 15.0 Å². The van der Waals surface area contributed by atoms with Gasteiger partial charge in [0.1, 0.15) is 12.4 Å². The van der Waals surface area contributed by atoms with E-state index in [1.54, 1.807) is 0 Å². The van der Waals surface area contributed by atoms with Crippen LogP contribution in [0.25, 0.3) is 0 Å². The summed E-state index contributed by atoms with van der Waals surface area (Å²) in [6.45, 7) is 12.5. The molecule has 0 aliphatic heterocycles. The summed E-state index contributed by atoms with van der Waals surface area (Å²) >= 11 is 0. The van der Waals surface area contributed by atoms with Gasteiger partial charge in [0.15, 0.2) is 0 Å². The standard InChI is InChI=1S/C17H30N2O/c1-6-18-13-16-7-9-17(10-8-16)20-12-11-19(5)15(4)14(2)3/h7-10,14-15,18H,6,11-13H2,1-5H3. The third-order valence-electron chi connectivity index (χ3n) is 3.88. The summed E-state index contributed by atoms with van der Waals surface area (Å²) in [4.78, 5) is 2.35. The maximum atomic E-state index is 5.80. The van der Waals surface area contributed by atoms with E-state index in [-0.39, 0.29) is 0 Å². The lowest BCUT2D eigenvalue weighted by atomic mass is 10.1. The zero-order valence-corrected chi connectivity index (χ0v) is 13.6. The zero-order chi connectivity index (χ0) is 15.0. The van der Waals surface area contributed by atoms with Gasteiger partial charge in [0, 0.05) is 19.1 Å². The minimum absolute atomic E-state index is 0.584. The largest absolute Gasteiger partial charge is 0.492 e. The van der Waals surface area contributed by atoms with E-state index in [9.17, 15) is 0 Å². The fourth-order valence-corrected chi connectivity index (χ4v) is 1.99. The first-order valence-corrected chi connectivity index (χ1v) is 7.67. The molecule has 1 unspecified atom stereocenters. The van der Waals surface area contributed by atoms with Gasteiger partial charge in [-0.25, -0.2) is 0 Å². The maximum Gasteiger partial charge on any atom is 0.119 e. The second-order valence-electron chi connectivity index (χ2n) is 5.74. The van der Waals surface area contributed by atoms with E-state index >= 15 is 0 Å². The molecule has 0 amide bonds. The fourth-order valence-electron chi connectivity index (χ4n) is 1.99. The van der Waals surface area contributed by atoms with Crippen molar-refractivity contribution in [1.82, 2.24) is 10.2 Å². The van der Waals surface area contributed by atoms with Crippen molar-refractivity contribution in [3.8, 4) is 5.75 Å². The number of hydrogen-bond donors (Lipinski definition) is 1. The highest BCUT2D eigenvalue weighted by molar-refractivity contribution is 5.27. The van der Waals surface area contributed by atoms with Crippen LogP contribution in [0.4, 0.5) is 0 Å². The second-order valence-corrected chi connectivity index (χ2v) is 5.74. The SMILES string of the molecule is CCNCc1ccc(OCCN(C)C(C)C(C)C)cc1. The van der Waals surface area contributed by atoms with Crippen LogP contribution in [0.2, 0.25) is 0 Å². The van der Waals surface area contributed by atoms with Gasteiger partial charge in [0.25, 0.3) is 0 Å². The summed E-state index contributed by atoms with van der Waals surface area (Å²) in [5.74, 6) is 1.63. The van der Waals surface area contributed by atoms with Crippen molar-refractivity contribution < 1.29 is 4.74 Å². The van der Waals surface area contributed by atoms with Gasteiger partial charge in [0.05, 0.1) is 0 Å². The minimum Gasteiger partial charge on any atom is -0.492 e. The first-order valence-electron chi connectivity index (χ1n) is 7.67. The average molecular weight is 278 g/mol. The molecule has 1 aromatic carbocycles. The molecular formula is C17H30N2O. The normalized spacial score (nSPS) is 12.9.